The third kappa shape index (κ3) is 3.90. The van der Waals surface area contributed by atoms with Crippen molar-refractivity contribution in [2.24, 2.45) is 5.41 Å². The predicted molar refractivity (Wildman–Crippen MR) is 155 cm³/mol. The first-order valence-corrected chi connectivity index (χ1v) is 14.4. The number of nitrogens with zero attached hydrogens (tertiary/aromatic N) is 2. The number of amides is 2. The van der Waals surface area contributed by atoms with E-state index in [4.69, 9.17) is 4.74 Å². The van der Waals surface area contributed by atoms with E-state index in [1.54, 1.807) is 29.2 Å². The van der Waals surface area contributed by atoms with Crippen LogP contribution in [-0.4, -0.2) is 57.2 Å². The van der Waals surface area contributed by atoms with Crippen LogP contribution in [0.15, 0.2) is 65.4 Å². The van der Waals surface area contributed by atoms with Gasteiger partial charge >= 0.3 is 5.91 Å². The monoisotopic (exact) mass is 570 g/mol. The normalized spacial score (nSPS) is 25.5. The molecule has 1 saturated carbocycles. The second-order valence-electron chi connectivity index (χ2n) is 12.4. The Morgan fingerprint density at radius 2 is 1.60 bits per heavy atom. The Labute approximate surface area is 244 Å². The molecule has 2 fully saturated rings. The fraction of sp³-hybridized carbons (Fsp3) is 0.394. The van der Waals surface area contributed by atoms with Crippen molar-refractivity contribution in [3.63, 3.8) is 0 Å². The number of methoxy groups -OCH3 is 1. The predicted octanol–water partition coefficient (Wildman–Crippen LogP) is 4.84. The topological polar surface area (TPSA) is 124 Å². The Hall–Kier alpha value is -4.40. The fourth-order valence-corrected chi connectivity index (χ4v) is 7.23. The van der Waals surface area contributed by atoms with Gasteiger partial charge in [-0.3, -0.25) is 24.1 Å². The molecule has 0 aromatic heterocycles. The number of carbonyl (C=O) groups is 4. The van der Waals surface area contributed by atoms with Gasteiger partial charge in [-0.25, -0.2) is 0 Å². The highest BCUT2D eigenvalue weighted by Gasteiger charge is 2.71. The molecule has 2 aliphatic heterocycles. The minimum absolute atomic E-state index is 0.0370. The number of aliphatic hydroxyl groups is 1. The quantitative estimate of drug-likeness (QED) is 0.306. The number of para-hydroxylation sites is 2. The van der Waals surface area contributed by atoms with Crippen molar-refractivity contribution in [2.45, 2.75) is 70.4 Å². The number of aliphatic hydroxyl groups excluding tert-OH is 1. The molecular weight excluding hydrogens is 536 g/mol. The summed E-state index contributed by atoms with van der Waals surface area (Å²) in [7, 11) is 1.49. The smallest absolute Gasteiger partial charge is 0.300 e. The lowest BCUT2D eigenvalue weighted by Gasteiger charge is -2.38. The molecule has 0 radical (unpaired) electrons. The summed E-state index contributed by atoms with van der Waals surface area (Å²) in [6, 6.07) is 11.9. The number of ketones is 2. The molecule has 2 aliphatic carbocycles. The van der Waals surface area contributed by atoms with Crippen LogP contribution < -0.4 is 9.64 Å². The van der Waals surface area contributed by atoms with E-state index in [0.29, 0.717) is 17.9 Å². The molecule has 1 unspecified atom stereocenters. The number of hydrogen-bond acceptors (Lipinski definition) is 7. The summed E-state index contributed by atoms with van der Waals surface area (Å²) in [5.41, 5.74) is -2.58. The van der Waals surface area contributed by atoms with Gasteiger partial charge in [0.05, 0.1) is 23.9 Å². The van der Waals surface area contributed by atoms with Crippen LogP contribution in [0.4, 0.5) is 5.69 Å². The number of Topliss-reactive ketones (excluding diaryl/α,β-unsaturated/α-hetero) is 2. The van der Waals surface area contributed by atoms with Gasteiger partial charge in [-0.05, 0) is 61.1 Å². The number of ether oxygens (including phenoxy) is 1. The van der Waals surface area contributed by atoms with Crippen LogP contribution in [0.3, 0.4) is 0 Å². The van der Waals surface area contributed by atoms with Crippen molar-refractivity contribution in [2.75, 3.05) is 12.0 Å². The maximum absolute atomic E-state index is 15.1. The lowest BCUT2D eigenvalue weighted by molar-refractivity contribution is -0.134. The van der Waals surface area contributed by atoms with Gasteiger partial charge in [-0.1, -0.05) is 45.2 Å². The first kappa shape index (κ1) is 27.8. The number of fused-ring (bicyclic) bond motifs is 1. The number of hydrogen-bond donors (Lipinski definition) is 2. The second-order valence-corrected chi connectivity index (χ2v) is 12.4. The SMILES string of the molecule is COc1ccc(/C(O)=C2\C(=O)C(=O)N(c3ccccc3O)C23C(=O)N(C2CCCCC2)C2=C3C(=O)CC(C)(C)C2)cc1. The van der Waals surface area contributed by atoms with Crippen LogP contribution in [0.25, 0.3) is 5.76 Å². The van der Waals surface area contributed by atoms with Gasteiger partial charge in [0, 0.05) is 23.7 Å². The summed E-state index contributed by atoms with van der Waals surface area (Å²) in [6.07, 6.45) is 4.75. The van der Waals surface area contributed by atoms with Crippen molar-refractivity contribution in [3.8, 4) is 11.5 Å². The number of allylic oxidation sites excluding steroid dienone is 1. The van der Waals surface area contributed by atoms with Crippen molar-refractivity contribution >= 4 is 34.8 Å². The maximum atomic E-state index is 15.1. The van der Waals surface area contributed by atoms with Gasteiger partial charge in [-0.2, -0.15) is 0 Å². The van der Waals surface area contributed by atoms with Crippen LogP contribution in [0.5, 0.6) is 11.5 Å². The molecule has 9 nitrogen and oxygen atoms in total. The summed E-state index contributed by atoms with van der Waals surface area (Å²) >= 11 is 0. The molecule has 1 atom stereocenters. The number of benzene rings is 2. The van der Waals surface area contributed by atoms with Gasteiger partial charge in [0.2, 0.25) is 0 Å². The van der Waals surface area contributed by atoms with E-state index in [0.717, 1.165) is 37.0 Å². The number of phenolic OH excluding ortho intramolecular Hbond substituents is 1. The highest BCUT2D eigenvalue weighted by molar-refractivity contribution is 6.56. The standard InChI is InChI=1S/C33H34N2O7/c1-32(2)17-23-26(25(37)18-32)33(31(41)34(23)20-9-5-4-6-10-20)27(28(38)19-13-15-21(42-3)16-14-19)29(39)30(40)35(33)22-11-7-8-12-24(22)36/h7-8,11-16,20,36,38H,4-6,9-10,17-18H2,1-3H3/b28-27-. The molecule has 2 amide bonds. The third-order valence-electron chi connectivity index (χ3n) is 9.02. The Balaban J connectivity index is 1.71. The fourth-order valence-electron chi connectivity index (χ4n) is 7.23. The van der Waals surface area contributed by atoms with Gasteiger partial charge in [0.15, 0.2) is 11.3 Å². The lowest BCUT2D eigenvalue weighted by atomic mass is 9.70. The first-order valence-electron chi connectivity index (χ1n) is 14.4. The largest absolute Gasteiger partial charge is 0.507 e. The average molecular weight is 571 g/mol. The van der Waals surface area contributed by atoms with E-state index in [2.05, 4.69) is 0 Å². The van der Waals surface area contributed by atoms with Crippen molar-refractivity contribution < 1.29 is 34.1 Å². The van der Waals surface area contributed by atoms with Crippen LogP contribution in [0.2, 0.25) is 0 Å². The molecule has 2 N–H and O–H groups in total. The minimum atomic E-state index is -2.27. The molecule has 1 saturated heterocycles. The van der Waals surface area contributed by atoms with Crippen LogP contribution in [0, 0.1) is 5.41 Å². The van der Waals surface area contributed by atoms with Gasteiger partial charge < -0.3 is 19.8 Å². The number of anilines is 1. The average Bonchev–Trinajstić information content (AvgIpc) is 3.34. The number of phenols is 1. The van der Waals surface area contributed by atoms with E-state index in [1.165, 1.54) is 31.4 Å². The van der Waals surface area contributed by atoms with E-state index < -0.39 is 39.9 Å². The lowest BCUT2D eigenvalue weighted by Crippen LogP contribution is -2.57. The Bertz CT molecular complexity index is 1580. The maximum Gasteiger partial charge on any atom is 0.300 e. The highest BCUT2D eigenvalue weighted by Crippen LogP contribution is 2.57. The van der Waals surface area contributed by atoms with Crippen molar-refractivity contribution in [1.29, 1.82) is 0 Å². The molecule has 1 spiro atoms. The van der Waals surface area contributed by atoms with Gasteiger partial charge in [0.25, 0.3) is 11.7 Å². The van der Waals surface area contributed by atoms with E-state index in [1.807, 2.05) is 13.8 Å². The summed E-state index contributed by atoms with van der Waals surface area (Å²) in [4.78, 5) is 60.0. The third-order valence-corrected chi connectivity index (χ3v) is 9.02. The van der Waals surface area contributed by atoms with Gasteiger partial charge in [-0.15, -0.1) is 0 Å². The summed E-state index contributed by atoms with van der Waals surface area (Å²) in [6.45, 7) is 3.92. The Kier molecular flexibility index (Phi) is 6.51. The second kappa shape index (κ2) is 9.86. The van der Waals surface area contributed by atoms with E-state index >= 15 is 4.79 Å². The molecule has 2 aromatic carbocycles. The zero-order valence-corrected chi connectivity index (χ0v) is 24.0. The Morgan fingerprint density at radius 1 is 0.929 bits per heavy atom. The number of aromatic hydroxyl groups is 1. The molecule has 6 rings (SSSR count). The minimum Gasteiger partial charge on any atom is -0.507 e. The first-order chi connectivity index (χ1) is 20.0. The zero-order valence-electron chi connectivity index (χ0n) is 24.0. The summed E-state index contributed by atoms with van der Waals surface area (Å²) in [5.74, 6) is -3.59. The van der Waals surface area contributed by atoms with Crippen LogP contribution >= 0.6 is 0 Å². The number of carbonyl (C=O) groups excluding carboxylic acids is 4. The molecule has 4 aliphatic rings. The molecule has 0 bridgehead atoms. The van der Waals surface area contributed by atoms with E-state index in [-0.39, 0.29) is 40.8 Å². The van der Waals surface area contributed by atoms with Crippen molar-refractivity contribution in [1.82, 2.24) is 4.90 Å². The van der Waals surface area contributed by atoms with Gasteiger partial charge in [0.1, 0.15) is 17.3 Å². The van der Waals surface area contributed by atoms with Crippen molar-refractivity contribution in [3.05, 3.63) is 70.9 Å². The highest BCUT2D eigenvalue weighted by atomic mass is 16.5. The molecular formula is C33H34N2O7. The molecule has 2 heterocycles. The molecule has 2 aromatic rings. The van der Waals surface area contributed by atoms with Crippen LogP contribution in [-0.2, 0) is 19.2 Å². The molecule has 9 heteroatoms. The van der Waals surface area contributed by atoms with E-state index in [9.17, 15) is 24.6 Å². The van der Waals surface area contributed by atoms with Crippen LogP contribution in [0.1, 0.15) is 64.4 Å². The number of rotatable bonds is 4. The zero-order chi connectivity index (χ0) is 30.0. The summed E-state index contributed by atoms with van der Waals surface area (Å²) in [5, 5.41) is 22.7. The molecule has 218 valence electrons. The Morgan fingerprint density at radius 3 is 2.24 bits per heavy atom. The molecule has 42 heavy (non-hydrogen) atoms. The summed E-state index contributed by atoms with van der Waals surface area (Å²) < 4.78 is 5.23.